The fourth-order valence-electron chi connectivity index (χ4n) is 6.19. The largest absolute Gasteiger partial charge is 0.352 e. The SMILES string of the molecule is Cc1nc2ccc(C(=O)Nc3cccc(-c4ccc(-n5c(C)nc6cc(C(=O)NCCCN7CCCC7)ccc65)nc4)c3)cc2[nH]1. The highest BCUT2D eigenvalue weighted by Crippen LogP contribution is 2.26. The van der Waals surface area contributed by atoms with Crippen LogP contribution in [0.4, 0.5) is 5.69 Å². The third-order valence-electron chi connectivity index (χ3n) is 8.51. The summed E-state index contributed by atoms with van der Waals surface area (Å²) in [4.78, 5) is 45.4. The molecule has 7 rings (SSSR count). The Morgan fingerprint density at radius 1 is 0.848 bits per heavy atom. The summed E-state index contributed by atoms with van der Waals surface area (Å²) in [6.45, 7) is 7.85. The fraction of sp³-hybridized carbons (Fsp3) is 0.250. The summed E-state index contributed by atoms with van der Waals surface area (Å²) < 4.78 is 1.99. The number of pyridine rings is 1. The second-order valence-electron chi connectivity index (χ2n) is 11.9. The summed E-state index contributed by atoms with van der Waals surface area (Å²) in [5.74, 6) is 2.05. The van der Waals surface area contributed by atoms with Crippen molar-refractivity contribution in [3.63, 3.8) is 0 Å². The standard InChI is InChI=1S/C36H36N8O2/c1-23-39-30-12-9-27(20-31(30)40-23)36(46)42-29-8-5-7-25(19-29)28-11-14-34(38-22-28)44-24(2)41-32-21-26(10-13-33(32)44)35(45)37-15-6-18-43-16-3-4-17-43/h5,7-14,19-22H,3-4,6,15-18H2,1-2H3,(H,37,45)(H,39,40)(H,42,46). The van der Waals surface area contributed by atoms with Crippen LogP contribution in [0.2, 0.25) is 0 Å². The summed E-state index contributed by atoms with van der Waals surface area (Å²) in [5, 5.41) is 6.06. The minimum absolute atomic E-state index is 0.0783. The number of likely N-dealkylation sites (tertiary alicyclic amines) is 1. The smallest absolute Gasteiger partial charge is 0.255 e. The molecule has 232 valence electrons. The number of rotatable bonds is 9. The molecule has 3 aromatic heterocycles. The molecule has 0 saturated carbocycles. The number of nitrogens with one attached hydrogen (secondary N) is 3. The zero-order chi connectivity index (χ0) is 31.6. The topological polar surface area (TPSA) is 121 Å². The summed E-state index contributed by atoms with van der Waals surface area (Å²) in [6, 6.07) is 22.7. The highest BCUT2D eigenvalue weighted by atomic mass is 16.2. The van der Waals surface area contributed by atoms with Crippen molar-refractivity contribution < 1.29 is 9.59 Å². The van der Waals surface area contributed by atoms with Crippen LogP contribution in [0.15, 0.2) is 79.0 Å². The zero-order valence-corrected chi connectivity index (χ0v) is 26.0. The van der Waals surface area contributed by atoms with Gasteiger partial charge in [0.05, 0.1) is 22.1 Å². The predicted molar refractivity (Wildman–Crippen MR) is 180 cm³/mol. The van der Waals surface area contributed by atoms with Gasteiger partial charge in [-0.05, 0) is 119 Å². The van der Waals surface area contributed by atoms with Crippen molar-refractivity contribution in [2.24, 2.45) is 0 Å². The molecule has 1 aliphatic heterocycles. The molecular weight excluding hydrogens is 576 g/mol. The molecule has 0 radical (unpaired) electrons. The van der Waals surface area contributed by atoms with E-state index in [1.165, 1.54) is 25.9 Å². The molecule has 1 aliphatic rings. The van der Waals surface area contributed by atoms with E-state index >= 15 is 0 Å². The van der Waals surface area contributed by atoms with E-state index in [1.807, 2.05) is 91.3 Å². The molecule has 0 atom stereocenters. The maximum Gasteiger partial charge on any atom is 0.255 e. The lowest BCUT2D eigenvalue weighted by Crippen LogP contribution is -2.28. The molecule has 1 saturated heterocycles. The van der Waals surface area contributed by atoms with Gasteiger partial charge in [-0.25, -0.2) is 15.0 Å². The lowest BCUT2D eigenvalue weighted by atomic mass is 10.1. The first-order valence-electron chi connectivity index (χ1n) is 15.8. The monoisotopic (exact) mass is 612 g/mol. The number of hydrogen-bond donors (Lipinski definition) is 3. The van der Waals surface area contributed by atoms with E-state index in [0.29, 0.717) is 23.4 Å². The number of aromatic amines is 1. The van der Waals surface area contributed by atoms with Gasteiger partial charge in [-0.3, -0.25) is 14.2 Å². The predicted octanol–water partition coefficient (Wildman–Crippen LogP) is 6.05. The number of imidazole rings is 2. The summed E-state index contributed by atoms with van der Waals surface area (Å²) >= 11 is 0. The highest BCUT2D eigenvalue weighted by Gasteiger charge is 2.15. The fourth-order valence-corrected chi connectivity index (χ4v) is 6.19. The Hall–Kier alpha value is -5.35. The lowest BCUT2D eigenvalue weighted by molar-refractivity contribution is 0.0951. The van der Waals surface area contributed by atoms with Crippen LogP contribution in [0.25, 0.3) is 39.0 Å². The maximum atomic E-state index is 13.0. The quantitative estimate of drug-likeness (QED) is 0.171. The van der Waals surface area contributed by atoms with E-state index in [-0.39, 0.29) is 11.8 Å². The van der Waals surface area contributed by atoms with Gasteiger partial charge in [0.15, 0.2) is 0 Å². The van der Waals surface area contributed by atoms with Crippen LogP contribution in [-0.4, -0.2) is 67.4 Å². The van der Waals surface area contributed by atoms with Crippen molar-refractivity contribution in [3.8, 4) is 16.9 Å². The van der Waals surface area contributed by atoms with Gasteiger partial charge in [-0.2, -0.15) is 0 Å². The van der Waals surface area contributed by atoms with Gasteiger partial charge in [-0.1, -0.05) is 12.1 Å². The van der Waals surface area contributed by atoms with E-state index in [1.54, 1.807) is 6.07 Å². The van der Waals surface area contributed by atoms with Crippen molar-refractivity contribution in [3.05, 3.63) is 102 Å². The van der Waals surface area contributed by atoms with E-state index < -0.39 is 0 Å². The van der Waals surface area contributed by atoms with Crippen LogP contribution in [0.3, 0.4) is 0 Å². The number of nitrogens with zero attached hydrogens (tertiary/aromatic N) is 5. The molecule has 10 heteroatoms. The average molecular weight is 613 g/mol. The number of anilines is 1. The van der Waals surface area contributed by atoms with Gasteiger partial charge < -0.3 is 20.5 Å². The number of carbonyl (C=O) groups is 2. The molecule has 46 heavy (non-hydrogen) atoms. The Kier molecular flexibility index (Phi) is 8.02. The molecular formula is C36H36N8O2. The van der Waals surface area contributed by atoms with Crippen molar-refractivity contribution in [1.29, 1.82) is 0 Å². The molecule has 6 aromatic rings. The number of benzene rings is 3. The van der Waals surface area contributed by atoms with E-state index in [9.17, 15) is 9.59 Å². The van der Waals surface area contributed by atoms with Crippen LogP contribution < -0.4 is 10.6 Å². The van der Waals surface area contributed by atoms with Crippen LogP contribution >= 0.6 is 0 Å². The Balaban J connectivity index is 1.03. The number of amides is 2. The highest BCUT2D eigenvalue weighted by molar-refractivity contribution is 6.06. The summed E-state index contributed by atoms with van der Waals surface area (Å²) in [6.07, 6.45) is 5.32. The van der Waals surface area contributed by atoms with Gasteiger partial charge in [0.2, 0.25) is 0 Å². The van der Waals surface area contributed by atoms with Crippen LogP contribution in [0.1, 0.15) is 51.6 Å². The van der Waals surface area contributed by atoms with Gasteiger partial charge in [0.25, 0.3) is 11.8 Å². The summed E-state index contributed by atoms with van der Waals surface area (Å²) in [5.41, 5.74) is 6.99. The van der Waals surface area contributed by atoms with Gasteiger partial charge in [0, 0.05) is 35.1 Å². The minimum Gasteiger partial charge on any atom is -0.352 e. The van der Waals surface area contributed by atoms with Crippen LogP contribution in [-0.2, 0) is 0 Å². The van der Waals surface area contributed by atoms with Crippen molar-refractivity contribution in [2.75, 3.05) is 31.5 Å². The second-order valence-corrected chi connectivity index (χ2v) is 11.9. The van der Waals surface area contributed by atoms with Crippen molar-refractivity contribution in [2.45, 2.75) is 33.1 Å². The zero-order valence-electron chi connectivity index (χ0n) is 26.0. The first-order valence-corrected chi connectivity index (χ1v) is 15.8. The van der Waals surface area contributed by atoms with Gasteiger partial charge in [0.1, 0.15) is 17.5 Å². The number of hydrogen-bond acceptors (Lipinski definition) is 6. The molecule has 0 unspecified atom stereocenters. The molecule has 3 aromatic carbocycles. The Bertz CT molecular complexity index is 2050. The number of aryl methyl sites for hydroxylation is 2. The van der Waals surface area contributed by atoms with Crippen molar-refractivity contribution in [1.82, 2.24) is 34.7 Å². The normalized spacial score (nSPS) is 13.4. The number of carbonyl (C=O) groups excluding carboxylic acids is 2. The first kappa shape index (κ1) is 29.4. The lowest BCUT2D eigenvalue weighted by Gasteiger charge is -2.14. The molecule has 0 spiro atoms. The van der Waals surface area contributed by atoms with Crippen LogP contribution in [0.5, 0.6) is 0 Å². The van der Waals surface area contributed by atoms with Crippen molar-refractivity contribution >= 4 is 39.6 Å². The molecule has 0 bridgehead atoms. The van der Waals surface area contributed by atoms with Gasteiger partial charge in [-0.15, -0.1) is 0 Å². The van der Waals surface area contributed by atoms with E-state index in [4.69, 9.17) is 9.97 Å². The Morgan fingerprint density at radius 3 is 2.50 bits per heavy atom. The maximum absolute atomic E-state index is 13.0. The third-order valence-corrected chi connectivity index (χ3v) is 8.51. The molecule has 3 N–H and O–H groups in total. The molecule has 4 heterocycles. The van der Waals surface area contributed by atoms with E-state index in [0.717, 1.165) is 63.6 Å². The molecule has 2 amide bonds. The molecule has 1 fully saturated rings. The number of aromatic nitrogens is 5. The number of H-pyrrole nitrogens is 1. The molecule has 0 aliphatic carbocycles. The average Bonchev–Trinajstić information content (AvgIpc) is 3.80. The van der Waals surface area contributed by atoms with Crippen LogP contribution in [0, 0.1) is 13.8 Å². The molecule has 10 nitrogen and oxygen atoms in total. The Labute approximate surface area is 266 Å². The van der Waals surface area contributed by atoms with E-state index in [2.05, 4.69) is 25.5 Å². The summed E-state index contributed by atoms with van der Waals surface area (Å²) in [7, 11) is 0. The van der Waals surface area contributed by atoms with Gasteiger partial charge >= 0.3 is 0 Å². The third kappa shape index (κ3) is 6.12. The minimum atomic E-state index is -0.194. The second kappa shape index (κ2) is 12.6. The first-order chi connectivity index (χ1) is 22.4. The number of fused-ring (bicyclic) bond motifs is 2. The Morgan fingerprint density at radius 2 is 1.67 bits per heavy atom.